The van der Waals surface area contributed by atoms with Gasteiger partial charge in [0.1, 0.15) is 5.52 Å². The Kier molecular flexibility index (Phi) is 2.39. The van der Waals surface area contributed by atoms with E-state index in [4.69, 9.17) is 4.42 Å². The van der Waals surface area contributed by atoms with E-state index in [9.17, 15) is 4.79 Å². The number of carbonyl (C=O) groups excluding carboxylic acids is 1. The highest BCUT2D eigenvalue weighted by Crippen LogP contribution is 2.13. The van der Waals surface area contributed by atoms with E-state index >= 15 is 0 Å². The summed E-state index contributed by atoms with van der Waals surface area (Å²) in [5.41, 5.74) is 4.56. The minimum absolute atomic E-state index is 0.168. The molecule has 2 rings (SSSR count). The number of oxazole rings is 1. The van der Waals surface area contributed by atoms with Crippen LogP contribution in [0.25, 0.3) is 11.1 Å². The third kappa shape index (κ3) is 1.97. The van der Waals surface area contributed by atoms with Crippen molar-refractivity contribution in [2.45, 2.75) is 0 Å². The van der Waals surface area contributed by atoms with Gasteiger partial charge < -0.3 is 4.42 Å². The predicted octanol–water partition coefficient (Wildman–Crippen LogP) is 1.03. The summed E-state index contributed by atoms with van der Waals surface area (Å²) in [7, 11) is 3.51. The molecule has 0 saturated heterocycles. The molecule has 0 bridgehead atoms. The van der Waals surface area contributed by atoms with Gasteiger partial charge in [0.15, 0.2) is 12.0 Å². The molecule has 0 fully saturated rings. The van der Waals surface area contributed by atoms with Gasteiger partial charge in [-0.05, 0) is 18.2 Å². The molecule has 78 valence electrons. The highest BCUT2D eigenvalue weighted by Gasteiger charge is 2.08. The molecule has 5 nitrogen and oxygen atoms in total. The number of aromatic nitrogens is 1. The Morgan fingerprint density at radius 3 is 3.00 bits per heavy atom. The van der Waals surface area contributed by atoms with E-state index in [2.05, 4.69) is 10.4 Å². The summed E-state index contributed by atoms with van der Waals surface area (Å²) in [5.74, 6) is -0.168. The lowest BCUT2D eigenvalue weighted by Crippen LogP contribution is -2.36. The summed E-state index contributed by atoms with van der Waals surface area (Å²) >= 11 is 0. The smallest absolute Gasteiger partial charge is 0.265 e. The Hall–Kier alpha value is -1.88. The van der Waals surface area contributed by atoms with Crippen LogP contribution in [0.15, 0.2) is 29.0 Å². The van der Waals surface area contributed by atoms with Gasteiger partial charge in [0.2, 0.25) is 0 Å². The molecule has 0 aliphatic rings. The topological polar surface area (TPSA) is 58.4 Å². The summed E-state index contributed by atoms with van der Waals surface area (Å²) in [6, 6.07) is 5.13. The number of rotatable bonds is 2. The first-order valence-corrected chi connectivity index (χ1v) is 4.48. The fourth-order valence-corrected chi connectivity index (χ4v) is 1.26. The number of carbonyl (C=O) groups is 1. The first kappa shape index (κ1) is 9.67. The van der Waals surface area contributed by atoms with E-state index in [1.54, 1.807) is 37.3 Å². The molecule has 15 heavy (non-hydrogen) atoms. The second kappa shape index (κ2) is 3.70. The third-order valence-electron chi connectivity index (χ3n) is 1.92. The van der Waals surface area contributed by atoms with Crippen molar-refractivity contribution < 1.29 is 9.21 Å². The van der Waals surface area contributed by atoms with Crippen LogP contribution in [-0.2, 0) is 0 Å². The van der Waals surface area contributed by atoms with Crippen LogP contribution in [0.3, 0.4) is 0 Å². The predicted molar refractivity (Wildman–Crippen MR) is 55.2 cm³/mol. The van der Waals surface area contributed by atoms with Gasteiger partial charge in [-0.2, -0.15) is 0 Å². The molecular formula is C10H11N3O2. The molecular weight excluding hydrogens is 194 g/mol. The number of hydrogen-bond acceptors (Lipinski definition) is 4. The molecule has 0 unspecified atom stereocenters. The monoisotopic (exact) mass is 205 g/mol. The lowest BCUT2D eigenvalue weighted by atomic mass is 10.2. The molecule has 1 aromatic heterocycles. The van der Waals surface area contributed by atoms with Crippen molar-refractivity contribution in [3.63, 3.8) is 0 Å². The van der Waals surface area contributed by atoms with E-state index in [0.717, 1.165) is 5.52 Å². The van der Waals surface area contributed by atoms with Gasteiger partial charge in [0.25, 0.3) is 5.91 Å². The number of nitrogens with zero attached hydrogens (tertiary/aromatic N) is 2. The molecule has 0 radical (unpaired) electrons. The van der Waals surface area contributed by atoms with E-state index in [-0.39, 0.29) is 5.91 Å². The summed E-state index contributed by atoms with van der Waals surface area (Å²) in [6.45, 7) is 0. The van der Waals surface area contributed by atoms with Gasteiger partial charge in [-0.25, -0.2) is 9.99 Å². The molecule has 0 saturated carbocycles. The molecule has 0 aliphatic carbocycles. The maximum Gasteiger partial charge on any atom is 0.265 e. The van der Waals surface area contributed by atoms with Crippen molar-refractivity contribution in [3.8, 4) is 0 Å². The number of nitrogens with one attached hydrogen (secondary N) is 1. The maximum absolute atomic E-state index is 11.6. The van der Waals surface area contributed by atoms with Crippen LogP contribution in [0.1, 0.15) is 10.4 Å². The van der Waals surface area contributed by atoms with Crippen LogP contribution in [0.5, 0.6) is 0 Å². The minimum atomic E-state index is -0.168. The molecule has 2 aromatic rings. The minimum Gasteiger partial charge on any atom is -0.443 e. The van der Waals surface area contributed by atoms with Gasteiger partial charge in [0.05, 0.1) is 0 Å². The fraction of sp³-hybridized carbons (Fsp3) is 0.200. The third-order valence-corrected chi connectivity index (χ3v) is 1.92. The van der Waals surface area contributed by atoms with Crippen molar-refractivity contribution in [2.24, 2.45) is 0 Å². The van der Waals surface area contributed by atoms with Gasteiger partial charge in [-0.15, -0.1) is 0 Å². The zero-order chi connectivity index (χ0) is 10.8. The van der Waals surface area contributed by atoms with Crippen LogP contribution in [-0.4, -0.2) is 30.0 Å². The molecule has 1 N–H and O–H groups in total. The summed E-state index contributed by atoms with van der Waals surface area (Å²) in [4.78, 5) is 15.6. The quantitative estimate of drug-likeness (QED) is 0.744. The Morgan fingerprint density at radius 2 is 2.27 bits per heavy atom. The number of hydrazine groups is 1. The molecule has 0 aliphatic heterocycles. The highest BCUT2D eigenvalue weighted by atomic mass is 16.3. The van der Waals surface area contributed by atoms with Crippen molar-refractivity contribution in [1.82, 2.24) is 15.4 Å². The average molecular weight is 205 g/mol. The Labute approximate surface area is 86.7 Å². The second-order valence-corrected chi connectivity index (χ2v) is 3.37. The van der Waals surface area contributed by atoms with Crippen LogP contribution in [0, 0.1) is 0 Å². The number of benzene rings is 1. The van der Waals surface area contributed by atoms with Crippen LogP contribution in [0.4, 0.5) is 0 Å². The highest BCUT2D eigenvalue weighted by molar-refractivity contribution is 5.96. The van der Waals surface area contributed by atoms with Crippen molar-refractivity contribution in [3.05, 3.63) is 30.2 Å². The molecule has 1 amide bonds. The SMILES string of the molecule is CN(C)NC(=O)c1ccc2ncoc2c1. The Balaban J connectivity index is 2.31. The maximum atomic E-state index is 11.6. The van der Waals surface area contributed by atoms with Gasteiger partial charge in [0, 0.05) is 19.7 Å². The van der Waals surface area contributed by atoms with Gasteiger partial charge in [-0.3, -0.25) is 10.2 Å². The first-order chi connectivity index (χ1) is 7.16. The normalized spacial score (nSPS) is 10.9. The van der Waals surface area contributed by atoms with Crippen molar-refractivity contribution in [2.75, 3.05) is 14.1 Å². The Bertz CT molecular complexity index is 490. The van der Waals surface area contributed by atoms with Crippen molar-refractivity contribution in [1.29, 1.82) is 0 Å². The standard InChI is InChI=1S/C10H11N3O2/c1-13(2)12-10(14)7-3-4-8-9(5-7)15-6-11-8/h3-6H,1-2H3,(H,12,14). The molecule has 5 heteroatoms. The first-order valence-electron chi connectivity index (χ1n) is 4.48. The van der Waals surface area contributed by atoms with Crippen LogP contribution < -0.4 is 5.43 Å². The van der Waals surface area contributed by atoms with Gasteiger partial charge >= 0.3 is 0 Å². The molecule has 0 atom stereocenters. The van der Waals surface area contributed by atoms with E-state index in [1.807, 2.05) is 0 Å². The molecule has 1 aromatic carbocycles. The lowest BCUT2D eigenvalue weighted by Gasteiger charge is -2.11. The zero-order valence-electron chi connectivity index (χ0n) is 8.52. The van der Waals surface area contributed by atoms with Crippen molar-refractivity contribution >= 4 is 17.0 Å². The number of fused-ring (bicyclic) bond motifs is 1. The van der Waals surface area contributed by atoms with Crippen LogP contribution in [0.2, 0.25) is 0 Å². The summed E-state index contributed by atoms with van der Waals surface area (Å²) in [6.07, 6.45) is 1.36. The number of hydrogen-bond donors (Lipinski definition) is 1. The summed E-state index contributed by atoms with van der Waals surface area (Å²) in [5, 5.41) is 1.59. The molecule has 0 spiro atoms. The molecule has 1 heterocycles. The van der Waals surface area contributed by atoms with Gasteiger partial charge in [-0.1, -0.05) is 0 Å². The summed E-state index contributed by atoms with van der Waals surface area (Å²) < 4.78 is 5.11. The average Bonchev–Trinajstić information content (AvgIpc) is 2.62. The Morgan fingerprint density at radius 1 is 1.47 bits per heavy atom. The number of amides is 1. The second-order valence-electron chi connectivity index (χ2n) is 3.37. The van der Waals surface area contributed by atoms with Crippen LogP contribution >= 0.6 is 0 Å². The largest absolute Gasteiger partial charge is 0.443 e. The zero-order valence-corrected chi connectivity index (χ0v) is 8.52. The van der Waals surface area contributed by atoms with E-state index in [1.165, 1.54) is 6.39 Å². The van der Waals surface area contributed by atoms with E-state index < -0.39 is 0 Å². The van der Waals surface area contributed by atoms with E-state index in [0.29, 0.717) is 11.1 Å². The lowest BCUT2D eigenvalue weighted by molar-refractivity contribution is 0.0857. The fourth-order valence-electron chi connectivity index (χ4n) is 1.26.